The van der Waals surface area contributed by atoms with Crippen molar-refractivity contribution in [2.45, 2.75) is 26.2 Å². The summed E-state index contributed by atoms with van der Waals surface area (Å²) in [5, 5.41) is 7.99. The summed E-state index contributed by atoms with van der Waals surface area (Å²) in [4.78, 5) is 0. The molecule has 0 atom stereocenters. The van der Waals surface area contributed by atoms with Crippen LogP contribution in [0.3, 0.4) is 0 Å². The molecule has 0 radical (unpaired) electrons. The van der Waals surface area contributed by atoms with Gasteiger partial charge in [0.05, 0.1) is 0 Å². The van der Waals surface area contributed by atoms with Gasteiger partial charge in [0.25, 0.3) is 0 Å². The molecule has 0 fully saturated rings. The molecular weight excluding hydrogens is 384 g/mol. The van der Waals surface area contributed by atoms with Gasteiger partial charge in [-0.15, -0.1) is 0 Å². The fourth-order valence-corrected chi connectivity index (χ4v) is 5.02. The van der Waals surface area contributed by atoms with E-state index < -0.39 is 0 Å². The van der Waals surface area contributed by atoms with Crippen LogP contribution in [0.15, 0.2) is 103 Å². The van der Waals surface area contributed by atoms with Crippen molar-refractivity contribution in [3.8, 4) is 22.3 Å². The highest BCUT2D eigenvalue weighted by Gasteiger charge is 2.15. The van der Waals surface area contributed by atoms with Gasteiger partial charge in [-0.2, -0.15) is 0 Å². The van der Waals surface area contributed by atoms with Crippen molar-refractivity contribution >= 4 is 32.3 Å². The van der Waals surface area contributed by atoms with Crippen molar-refractivity contribution in [1.82, 2.24) is 0 Å². The summed E-state index contributed by atoms with van der Waals surface area (Å²) in [5.74, 6) is 0. The lowest BCUT2D eigenvalue weighted by Gasteiger charge is -2.20. The molecule has 0 bridgehead atoms. The number of rotatable bonds is 2. The Balaban J connectivity index is 1.59. The molecule has 6 aromatic rings. The molecule has 0 unspecified atom stereocenters. The molecule has 0 N–H and O–H groups in total. The second-order valence-electron chi connectivity index (χ2n) is 9.88. The van der Waals surface area contributed by atoms with Crippen LogP contribution >= 0.6 is 0 Å². The van der Waals surface area contributed by atoms with E-state index in [9.17, 15) is 0 Å². The molecule has 0 heterocycles. The summed E-state index contributed by atoms with van der Waals surface area (Å²) in [6, 6.07) is 38.1. The average molecular weight is 411 g/mol. The average Bonchev–Trinajstić information content (AvgIpc) is 2.82. The Labute approximate surface area is 189 Å². The molecule has 0 aliphatic rings. The summed E-state index contributed by atoms with van der Waals surface area (Å²) in [5.41, 5.74) is 6.65. The Morgan fingerprint density at radius 3 is 1.78 bits per heavy atom. The van der Waals surface area contributed by atoms with Crippen molar-refractivity contribution in [1.29, 1.82) is 0 Å². The molecule has 0 saturated heterocycles. The van der Waals surface area contributed by atoms with Gasteiger partial charge in [-0.25, -0.2) is 0 Å². The first-order valence-electron chi connectivity index (χ1n) is 11.4. The molecule has 0 aliphatic heterocycles. The van der Waals surface area contributed by atoms with Crippen LogP contribution < -0.4 is 0 Å². The molecule has 0 spiro atoms. The smallest absolute Gasteiger partial charge is 0.00206 e. The van der Waals surface area contributed by atoms with Crippen molar-refractivity contribution in [2.75, 3.05) is 0 Å². The Bertz CT molecular complexity index is 1540. The summed E-state index contributed by atoms with van der Waals surface area (Å²) < 4.78 is 0. The van der Waals surface area contributed by atoms with Crippen molar-refractivity contribution < 1.29 is 0 Å². The fourth-order valence-electron chi connectivity index (χ4n) is 5.02. The van der Waals surface area contributed by atoms with Crippen LogP contribution in [0, 0.1) is 0 Å². The summed E-state index contributed by atoms with van der Waals surface area (Å²) in [6.45, 7) is 6.80. The van der Waals surface area contributed by atoms with Crippen LogP contribution in [-0.4, -0.2) is 0 Å². The first kappa shape index (κ1) is 19.1. The first-order valence-corrected chi connectivity index (χ1v) is 11.4. The maximum absolute atomic E-state index is 2.33. The molecule has 0 aliphatic carbocycles. The lowest BCUT2D eigenvalue weighted by atomic mass is 9.85. The molecule has 32 heavy (non-hydrogen) atoms. The van der Waals surface area contributed by atoms with Crippen molar-refractivity contribution in [3.05, 3.63) is 109 Å². The Morgan fingerprint density at radius 1 is 0.469 bits per heavy atom. The quantitative estimate of drug-likeness (QED) is 0.250. The molecule has 0 heteroatoms. The Kier molecular flexibility index (Phi) is 4.13. The van der Waals surface area contributed by atoms with E-state index in [1.54, 1.807) is 0 Å². The van der Waals surface area contributed by atoms with Crippen LogP contribution in [0.4, 0.5) is 0 Å². The standard InChI is InChI=1S/C32H26/c1-32(2,3)27-15-11-22(12-16-27)28-17-13-23-9-10-24-19-26(21-7-5-4-6-8-21)20-25-14-18-29(28)31(23)30(24)25/h4-20H,1-3H3. The highest BCUT2D eigenvalue weighted by atomic mass is 14.2. The normalized spacial score (nSPS) is 12.2. The van der Waals surface area contributed by atoms with Gasteiger partial charge in [-0.1, -0.05) is 112 Å². The van der Waals surface area contributed by atoms with Gasteiger partial charge >= 0.3 is 0 Å². The van der Waals surface area contributed by atoms with Gasteiger partial charge in [0.15, 0.2) is 0 Å². The molecule has 6 aromatic carbocycles. The van der Waals surface area contributed by atoms with Crippen LogP contribution in [0.2, 0.25) is 0 Å². The minimum Gasteiger partial charge on any atom is -0.0622 e. The third kappa shape index (κ3) is 2.99. The number of hydrogen-bond acceptors (Lipinski definition) is 0. The Hall–Kier alpha value is -3.64. The van der Waals surface area contributed by atoms with E-state index in [1.807, 2.05) is 0 Å². The zero-order valence-corrected chi connectivity index (χ0v) is 18.8. The fraction of sp³-hybridized carbons (Fsp3) is 0.125. The number of benzene rings is 6. The van der Waals surface area contributed by atoms with E-state index in [-0.39, 0.29) is 5.41 Å². The van der Waals surface area contributed by atoms with E-state index in [4.69, 9.17) is 0 Å². The van der Waals surface area contributed by atoms with Crippen LogP contribution in [0.25, 0.3) is 54.6 Å². The van der Waals surface area contributed by atoms with E-state index in [0.717, 1.165) is 0 Å². The minimum atomic E-state index is 0.164. The topological polar surface area (TPSA) is 0 Å². The van der Waals surface area contributed by atoms with E-state index in [0.29, 0.717) is 0 Å². The van der Waals surface area contributed by atoms with Gasteiger partial charge in [0.2, 0.25) is 0 Å². The van der Waals surface area contributed by atoms with Gasteiger partial charge in [0.1, 0.15) is 0 Å². The molecule has 0 nitrogen and oxygen atoms in total. The summed E-state index contributed by atoms with van der Waals surface area (Å²) >= 11 is 0. The van der Waals surface area contributed by atoms with Crippen LogP contribution in [0.5, 0.6) is 0 Å². The summed E-state index contributed by atoms with van der Waals surface area (Å²) in [6.07, 6.45) is 0. The SMILES string of the molecule is CC(C)(C)c1ccc(-c2ccc3ccc4cc(-c5ccccc5)cc5ccc2c3c45)cc1. The largest absolute Gasteiger partial charge is 0.0622 e. The monoisotopic (exact) mass is 410 g/mol. The molecular formula is C32H26. The maximum atomic E-state index is 2.33. The van der Waals surface area contributed by atoms with Crippen LogP contribution in [0.1, 0.15) is 26.3 Å². The first-order chi connectivity index (χ1) is 15.5. The van der Waals surface area contributed by atoms with E-state index in [2.05, 4.69) is 124 Å². The highest BCUT2D eigenvalue weighted by molar-refractivity contribution is 6.26. The van der Waals surface area contributed by atoms with Crippen LogP contribution in [-0.2, 0) is 5.41 Å². The molecule has 6 rings (SSSR count). The van der Waals surface area contributed by atoms with Crippen molar-refractivity contribution in [2.24, 2.45) is 0 Å². The second-order valence-corrected chi connectivity index (χ2v) is 9.88. The number of hydrogen-bond donors (Lipinski definition) is 0. The van der Waals surface area contributed by atoms with Gasteiger partial charge in [0, 0.05) is 0 Å². The summed E-state index contributed by atoms with van der Waals surface area (Å²) in [7, 11) is 0. The molecule has 154 valence electrons. The minimum absolute atomic E-state index is 0.164. The predicted octanol–water partition coefficient (Wildman–Crippen LogP) is 9.22. The zero-order valence-electron chi connectivity index (χ0n) is 18.8. The third-order valence-electron chi connectivity index (χ3n) is 6.77. The lowest BCUT2D eigenvalue weighted by Crippen LogP contribution is -2.10. The molecule has 0 amide bonds. The maximum Gasteiger partial charge on any atom is -0.00206 e. The Morgan fingerprint density at radius 2 is 1.09 bits per heavy atom. The van der Waals surface area contributed by atoms with Gasteiger partial charge in [-0.3, -0.25) is 0 Å². The lowest BCUT2D eigenvalue weighted by molar-refractivity contribution is 0.590. The van der Waals surface area contributed by atoms with E-state index in [1.165, 1.54) is 60.1 Å². The molecule has 0 saturated carbocycles. The predicted molar refractivity (Wildman–Crippen MR) is 140 cm³/mol. The molecule has 0 aromatic heterocycles. The van der Waals surface area contributed by atoms with E-state index >= 15 is 0 Å². The highest BCUT2D eigenvalue weighted by Crippen LogP contribution is 2.41. The zero-order chi connectivity index (χ0) is 21.9. The third-order valence-corrected chi connectivity index (χ3v) is 6.77. The van der Waals surface area contributed by atoms with Crippen molar-refractivity contribution in [3.63, 3.8) is 0 Å². The van der Waals surface area contributed by atoms with Gasteiger partial charge in [-0.05, 0) is 77.7 Å². The van der Waals surface area contributed by atoms with Gasteiger partial charge < -0.3 is 0 Å². The second kappa shape index (κ2) is 6.93.